The topological polar surface area (TPSA) is 35.0 Å². The molecule has 0 aliphatic rings. The highest BCUT2D eigenvalue weighted by Gasteiger charge is 2.14. The Morgan fingerprint density at radius 3 is 2.13 bits per heavy atom. The van der Waals surface area contributed by atoms with Crippen LogP contribution in [0.25, 0.3) is 0 Å². The zero-order chi connectivity index (χ0) is 11.4. The average Bonchev–Trinajstić information content (AvgIpc) is 2.12. The van der Waals surface area contributed by atoms with E-state index in [1.165, 1.54) is 0 Å². The van der Waals surface area contributed by atoms with Gasteiger partial charge < -0.3 is 4.74 Å². The van der Waals surface area contributed by atoms with Crippen molar-refractivity contribution in [1.82, 2.24) is 9.97 Å². The molecular formula is C10H14Cl2N2O. The van der Waals surface area contributed by atoms with Crippen molar-refractivity contribution in [3.63, 3.8) is 0 Å². The van der Waals surface area contributed by atoms with Gasteiger partial charge in [0.1, 0.15) is 16.1 Å². The molecule has 0 saturated heterocycles. The second kappa shape index (κ2) is 5.64. The Morgan fingerprint density at radius 2 is 1.73 bits per heavy atom. The highest BCUT2D eigenvalue weighted by Crippen LogP contribution is 2.28. The fraction of sp³-hybridized carbons (Fsp3) is 0.600. The van der Waals surface area contributed by atoms with Crippen molar-refractivity contribution in [2.75, 3.05) is 13.7 Å². The van der Waals surface area contributed by atoms with Crippen LogP contribution in [0.15, 0.2) is 0 Å². The lowest BCUT2D eigenvalue weighted by Gasteiger charge is -2.10. The Morgan fingerprint density at radius 1 is 1.20 bits per heavy atom. The summed E-state index contributed by atoms with van der Waals surface area (Å²) in [5.74, 6) is 0.845. The van der Waals surface area contributed by atoms with Crippen LogP contribution >= 0.6 is 23.2 Å². The van der Waals surface area contributed by atoms with Crippen LogP contribution in [0.3, 0.4) is 0 Å². The van der Waals surface area contributed by atoms with E-state index in [1.807, 2.05) is 13.8 Å². The molecule has 0 aromatic carbocycles. The molecule has 0 atom stereocenters. The number of rotatable bonds is 4. The van der Waals surface area contributed by atoms with E-state index in [4.69, 9.17) is 27.9 Å². The zero-order valence-corrected chi connectivity index (χ0v) is 10.6. The normalized spacial score (nSPS) is 11.1. The van der Waals surface area contributed by atoms with E-state index >= 15 is 0 Å². The Kier molecular flexibility index (Phi) is 4.77. The molecule has 5 heteroatoms. The summed E-state index contributed by atoms with van der Waals surface area (Å²) in [4.78, 5) is 8.37. The van der Waals surface area contributed by atoms with Gasteiger partial charge in [-0.05, 0) is 5.92 Å². The van der Waals surface area contributed by atoms with E-state index < -0.39 is 0 Å². The molecule has 0 aliphatic heterocycles. The molecule has 1 aromatic rings. The van der Waals surface area contributed by atoms with E-state index in [9.17, 15) is 0 Å². The lowest BCUT2D eigenvalue weighted by Crippen LogP contribution is -2.05. The second-order valence-electron chi connectivity index (χ2n) is 3.53. The summed E-state index contributed by atoms with van der Waals surface area (Å²) in [5.41, 5.74) is 0.805. The lowest BCUT2D eigenvalue weighted by atomic mass is 10.1. The third kappa shape index (κ3) is 3.30. The van der Waals surface area contributed by atoms with Crippen molar-refractivity contribution in [2.24, 2.45) is 0 Å². The fourth-order valence-corrected chi connectivity index (χ4v) is 2.10. The monoisotopic (exact) mass is 248 g/mol. The van der Waals surface area contributed by atoms with Gasteiger partial charge in [-0.15, -0.1) is 0 Å². The fourth-order valence-electron chi connectivity index (χ4n) is 1.24. The number of ether oxygens (including phenoxy) is 1. The molecule has 1 heterocycles. The average molecular weight is 249 g/mol. The summed E-state index contributed by atoms with van der Waals surface area (Å²) >= 11 is 12.1. The molecule has 1 aromatic heterocycles. The van der Waals surface area contributed by atoms with Crippen LogP contribution in [0, 0.1) is 0 Å². The zero-order valence-electron chi connectivity index (χ0n) is 9.05. The van der Waals surface area contributed by atoms with Crippen LogP contribution in [0.4, 0.5) is 0 Å². The summed E-state index contributed by atoms with van der Waals surface area (Å²) in [6.45, 7) is 4.57. The summed E-state index contributed by atoms with van der Waals surface area (Å²) in [7, 11) is 1.63. The van der Waals surface area contributed by atoms with Gasteiger partial charge in [-0.3, -0.25) is 0 Å². The molecule has 0 amide bonds. The molecule has 0 spiro atoms. The maximum atomic E-state index is 6.03. The van der Waals surface area contributed by atoms with Crippen LogP contribution in [0.5, 0.6) is 0 Å². The van der Waals surface area contributed by atoms with Gasteiger partial charge in [0.2, 0.25) is 0 Å². The number of nitrogens with zero attached hydrogens (tertiary/aromatic N) is 2. The summed E-state index contributed by atoms with van der Waals surface area (Å²) in [5, 5.41) is 0.882. The van der Waals surface area contributed by atoms with E-state index in [1.54, 1.807) is 7.11 Å². The molecule has 1 rings (SSSR count). The minimum atomic E-state index is 0.224. The minimum Gasteiger partial charge on any atom is -0.384 e. The van der Waals surface area contributed by atoms with Gasteiger partial charge >= 0.3 is 0 Å². The Balaban J connectivity index is 2.97. The molecule has 0 unspecified atom stereocenters. The van der Waals surface area contributed by atoms with Crippen molar-refractivity contribution in [2.45, 2.75) is 26.2 Å². The van der Waals surface area contributed by atoms with Crippen molar-refractivity contribution in [1.29, 1.82) is 0 Å². The molecule has 0 saturated carbocycles. The highest BCUT2D eigenvalue weighted by molar-refractivity contribution is 6.34. The van der Waals surface area contributed by atoms with Gasteiger partial charge in [-0.25, -0.2) is 9.97 Å². The third-order valence-corrected chi connectivity index (χ3v) is 2.58. The second-order valence-corrected chi connectivity index (χ2v) is 4.25. The van der Waals surface area contributed by atoms with Crippen LogP contribution in [0.1, 0.15) is 31.2 Å². The summed E-state index contributed by atoms with van der Waals surface area (Å²) in [6.07, 6.45) is 0.619. The molecule has 3 nitrogen and oxygen atoms in total. The minimum absolute atomic E-state index is 0.224. The highest BCUT2D eigenvalue weighted by atomic mass is 35.5. The van der Waals surface area contributed by atoms with Gasteiger partial charge in [0.05, 0.1) is 6.61 Å². The number of hydrogen-bond acceptors (Lipinski definition) is 3. The first-order valence-electron chi connectivity index (χ1n) is 4.77. The molecule has 84 valence electrons. The van der Waals surface area contributed by atoms with E-state index in [2.05, 4.69) is 9.97 Å². The van der Waals surface area contributed by atoms with Crippen molar-refractivity contribution in [3.05, 3.63) is 21.7 Å². The number of halogens is 2. The van der Waals surface area contributed by atoms with E-state index in [-0.39, 0.29) is 5.92 Å². The van der Waals surface area contributed by atoms with Crippen molar-refractivity contribution in [3.8, 4) is 0 Å². The SMILES string of the molecule is COCCc1nc(Cl)c(C(C)C)c(Cl)n1. The van der Waals surface area contributed by atoms with Crippen molar-refractivity contribution >= 4 is 23.2 Å². The van der Waals surface area contributed by atoms with Crippen molar-refractivity contribution < 1.29 is 4.74 Å². The Labute approximate surface area is 99.8 Å². The predicted molar refractivity (Wildman–Crippen MR) is 61.7 cm³/mol. The Hall–Kier alpha value is -0.380. The number of methoxy groups -OCH3 is 1. The molecule has 0 aliphatic carbocycles. The van der Waals surface area contributed by atoms with Crippen LogP contribution in [-0.4, -0.2) is 23.7 Å². The Bertz CT molecular complexity index is 319. The van der Waals surface area contributed by atoms with Gasteiger partial charge in [0.25, 0.3) is 0 Å². The standard InChI is InChI=1S/C10H14Cl2N2O/c1-6(2)8-9(11)13-7(4-5-15-3)14-10(8)12/h6H,4-5H2,1-3H3. The van der Waals surface area contributed by atoms with Gasteiger partial charge in [-0.2, -0.15) is 0 Å². The van der Waals surface area contributed by atoms with E-state index in [0.29, 0.717) is 29.2 Å². The number of aromatic nitrogens is 2. The van der Waals surface area contributed by atoms with Gasteiger partial charge in [0.15, 0.2) is 0 Å². The molecule has 15 heavy (non-hydrogen) atoms. The maximum absolute atomic E-state index is 6.03. The molecule has 0 radical (unpaired) electrons. The summed E-state index contributed by atoms with van der Waals surface area (Å²) in [6, 6.07) is 0. The smallest absolute Gasteiger partial charge is 0.137 e. The molecule has 0 N–H and O–H groups in total. The molecular weight excluding hydrogens is 235 g/mol. The van der Waals surface area contributed by atoms with Gasteiger partial charge in [-0.1, -0.05) is 37.0 Å². The van der Waals surface area contributed by atoms with Crippen LogP contribution < -0.4 is 0 Å². The van der Waals surface area contributed by atoms with Crippen LogP contribution in [0.2, 0.25) is 10.3 Å². The molecule has 0 fully saturated rings. The van der Waals surface area contributed by atoms with E-state index in [0.717, 1.165) is 5.56 Å². The quantitative estimate of drug-likeness (QED) is 0.769. The third-order valence-electron chi connectivity index (χ3n) is 2.01. The predicted octanol–water partition coefficient (Wildman–Crippen LogP) is 3.10. The lowest BCUT2D eigenvalue weighted by molar-refractivity contribution is 0.200. The maximum Gasteiger partial charge on any atom is 0.137 e. The summed E-state index contributed by atoms with van der Waals surface area (Å²) < 4.78 is 4.94. The molecule has 0 bridgehead atoms. The first-order chi connectivity index (χ1) is 7.06. The first kappa shape index (κ1) is 12.7. The van der Waals surface area contributed by atoms with Gasteiger partial charge in [0, 0.05) is 19.1 Å². The first-order valence-corrected chi connectivity index (χ1v) is 5.52. The van der Waals surface area contributed by atoms with Crippen LogP contribution in [-0.2, 0) is 11.2 Å². The number of hydrogen-bond donors (Lipinski definition) is 0. The largest absolute Gasteiger partial charge is 0.384 e.